The van der Waals surface area contributed by atoms with Crippen molar-refractivity contribution in [2.24, 2.45) is 0 Å². The molecule has 0 bridgehead atoms. The number of aromatic nitrogens is 2. The molecule has 2 aliphatic rings. The Morgan fingerprint density at radius 3 is 2.67 bits per heavy atom. The Hall–Kier alpha value is -0.670. The largest absolute Gasteiger partial charge is 0.359 e. The lowest BCUT2D eigenvalue weighted by molar-refractivity contribution is 0.233. The summed E-state index contributed by atoms with van der Waals surface area (Å²) in [6, 6.07) is 0. The Balaban J connectivity index is 1.77. The van der Waals surface area contributed by atoms with Crippen LogP contribution in [-0.4, -0.2) is 15.6 Å². The fourth-order valence-electron chi connectivity index (χ4n) is 2.52. The number of rotatable bonds is 1. The lowest BCUT2D eigenvalue weighted by atomic mass is 9.86. The van der Waals surface area contributed by atoms with E-state index in [1.165, 1.54) is 32.1 Å². The summed E-state index contributed by atoms with van der Waals surface area (Å²) in [6.45, 7) is 0. The third kappa shape index (κ3) is 1.64. The first-order valence-electron chi connectivity index (χ1n) is 5.45. The van der Waals surface area contributed by atoms with Crippen LogP contribution in [-0.2, 0) is 4.74 Å². The van der Waals surface area contributed by atoms with Crippen molar-refractivity contribution in [2.45, 2.75) is 43.8 Å². The molecule has 2 heterocycles. The highest BCUT2D eigenvalue weighted by Gasteiger charge is 2.57. The van der Waals surface area contributed by atoms with Crippen LogP contribution in [0.2, 0.25) is 5.15 Å². The molecule has 0 N–H and O–H groups in total. The Morgan fingerprint density at radius 1 is 1.20 bits per heavy atom. The molecule has 1 aromatic heterocycles. The molecule has 1 aliphatic heterocycles. The Morgan fingerprint density at radius 2 is 2.00 bits per heavy atom. The maximum Gasteiger partial charge on any atom is 0.147 e. The second-order valence-corrected chi connectivity index (χ2v) is 4.77. The van der Waals surface area contributed by atoms with Gasteiger partial charge in [0.05, 0.1) is 18.1 Å². The fourth-order valence-corrected chi connectivity index (χ4v) is 2.62. The van der Waals surface area contributed by atoms with Gasteiger partial charge in [-0.1, -0.05) is 30.9 Å². The summed E-state index contributed by atoms with van der Waals surface area (Å²) in [5.74, 6) is 0. The van der Waals surface area contributed by atoms with Gasteiger partial charge in [0.1, 0.15) is 16.9 Å². The van der Waals surface area contributed by atoms with Gasteiger partial charge in [-0.3, -0.25) is 4.98 Å². The van der Waals surface area contributed by atoms with Gasteiger partial charge in [-0.05, 0) is 12.8 Å². The minimum Gasteiger partial charge on any atom is -0.359 e. The molecular weight excluding hydrogens is 212 g/mol. The van der Waals surface area contributed by atoms with Gasteiger partial charge in [0.15, 0.2) is 0 Å². The van der Waals surface area contributed by atoms with Crippen LogP contribution in [0.25, 0.3) is 0 Å². The molecule has 1 unspecified atom stereocenters. The first kappa shape index (κ1) is 9.55. The number of ether oxygens (including phenoxy) is 1. The van der Waals surface area contributed by atoms with Gasteiger partial charge < -0.3 is 4.74 Å². The van der Waals surface area contributed by atoms with Crippen LogP contribution in [0.3, 0.4) is 0 Å². The van der Waals surface area contributed by atoms with Crippen LogP contribution in [0.15, 0.2) is 12.4 Å². The van der Waals surface area contributed by atoms with E-state index in [-0.39, 0.29) is 11.7 Å². The third-order valence-electron chi connectivity index (χ3n) is 3.38. The number of hydrogen-bond acceptors (Lipinski definition) is 3. The van der Waals surface area contributed by atoms with Crippen molar-refractivity contribution in [2.75, 3.05) is 0 Å². The third-order valence-corrected chi connectivity index (χ3v) is 3.58. The maximum atomic E-state index is 5.83. The Labute approximate surface area is 93.8 Å². The topological polar surface area (TPSA) is 38.3 Å². The van der Waals surface area contributed by atoms with Crippen molar-refractivity contribution in [3.05, 3.63) is 23.2 Å². The summed E-state index contributed by atoms with van der Waals surface area (Å²) in [7, 11) is 0. The van der Waals surface area contributed by atoms with Crippen LogP contribution in [0, 0.1) is 0 Å². The predicted octanol–water partition coefficient (Wildman–Crippen LogP) is 2.90. The summed E-state index contributed by atoms with van der Waals surface area (Å²) in [5.41, 5.74) is 1.03. The van der Waals surface area contributed by atoms with Gasteiger partial charge in [0.25, 0.3) is 0 Å². The molecule has 1 aliphatic carbocycles. The van der Waals surface area contributed by atoms with Gasteiger partial charge in [-0.25, -0.2) is 4.98 Å². The zero-order valence-corrected chi connectivity index (χ0v) is 9.20. The van der Waals surface area contributed by atoms with E-state index in [9.17, 15) is 0 Å². The van der Waals surface area contributed by atoms with E-state index in [1.54, 1.807) is 12.4 Å². The molecule has 1 atom stereocenters. The standard InChI is InChI=1S/C11H13ClN2O/c12-9-7-13-8(6-14-9)10-11(15-10)4-2-1-3-5-11/h6-7,10H,1-5H2. The Bertz CT molecular complexity index is 359. The van der Waals surface area contributed by atoms with Crippen LogP contribution < -0.4 is 0 Å². The van der Waals surface area contributed by atoms with Gasteiger partial charge in [-0.2, -0.15) is 0 Å². The van der Waals surface area contributed by atoms with Crippen LogP contribution in [0.5, 0.6) is 0 Å². The molecule has 3 rings (SSSR count). The average molecular weight is 225 g/mol. The smallest absolute Gasteiger partial charge is 0.147 e. The molecule has 15 heavy (non-hydrogen) atoms. The molecule has 0 amide bonds. The molecular formula is C11H13ClN2O. The van der Waals surface area contributed by atoms with E-state index in [0.717, 1.165) is 5.69 Å². The maximum absolute atomic E-state index is 5.83. The van der Waals surface area contributed by atoms with Crippen LogP contribution in [0.4, 0.5) is 0 Å². The van der Waals surface area contributed by atoms with E-state index in [2.05, 4.69) is 9.97 Å². The van der Waals surface area contributed by atoms with Crippen LogP contribution in [0.1, 0.15) is 43.9 Å². The van der Waals surface area contributed by atoms with Crippen molar-refractivity contribution in [1.29, 1.82) is 0 Å². The molecule has 4 heteroatoms. The monoisotopic (exact) mass is 224 g/mol. The molecule has 0 radical (unpaired) electrons. The molecule has 1 saturated carbocycles. The summed E-state index contributed by atoms with van der Waals surface area (Å²) in [6.07, 6.45) is 9.72. The van der Waals surface area contributed by atoms with Crippen molar-refractivity contribution >= 4 is 11.6 Å². The van der Waals surface area contributed by atoms with E-state index in [4.69, 9.17) is 16.3 Å². The lowest BCUT2D eigenvalue weighted by Crippen LogP contribution is -2.16. The first-order valence-corrected chi connectivity index (χ1v) is 5.83. The van der Waals surface area contributed by atoms with Gasteiger partial charge in [-0.15, -0.1) is 0 Å². The SMILES string of the molecule is Clc1cnc(C2OC23CCCCC3)cn1. The molecule has 3 nitrogen and oxygen atoms in total. The molecule has 0 aromatic carbocycles. The van der Waals surface area contributed by atoms with Gasteiger partial charge in [0, 0.05) is 0 Å². The van der Waals surface area contributed by atoms with E-state index in [1.807, 2.05) is 0 Å². The van der Waals surface area contributed by atoms with Crippen molar-refractivity contribution in [3.63, 3.8) is 0 Å². The summed E-state index contributed by atoms with van der Waals surface area (Å²) in [5, 5.41) is 0.442. The molecule has 1 aromatic rings. The van der Waals surface area contributed by atoms with Gasteiger partial charge >= 0.3 is 0 Å². The van der Waals surface area contributed by atoms with Crippen molar-refractivity contribution in [3.8, 4) is 0 Å². The van der Waals surface area contributed by atoms with Crippen molar-refractivity contribution < 1.29 is 4.74 Å². The average Bonchev–Trinajstić information content (AvgIpc) is 2.94. The minimum atomic E-state index is 0.0980. The lowest BCUT2D eigenvalue weighted by Gasteiger charge is -2.17. The fraction of sp³-hybridized carbons (Fsp3) is 0.636. The second-order valence-electron chi connectivity index (χ2n) is 4.39. The zero-order valence-electron chi connectivity index (χ0n) is 8.45. The summed E-state index contributed by atoms with van der Waals surface area (Å²) < 4.78 is 5.83. The molecule has 1 saturated heterocycles. The van der Waals surface area contributed by atoms with Crippen LogP contribution >= 0.6 is 11.6 Å². The number of hydrogen-bond donors (Lipinski definition) is 0. The number of halogens is 1. The number of nitrogens with zero attached hydrogens (tertiary/aromatic N) is 2. The molecule has 1 spiro atoms. The number of epoxide rings is 1. The first-order chi connectivity index (χ1) is 7.30. The van der Waals surface area contributed by atoms with E-state index < -0.39 is 0 Å². The van der Waals surface area contributed by atoms with E-state index in [0.29, 0.717) is 5.15 Å². The zero-order chi connectivity index (χ0) is 10.3. The summed E-state index contributed by atoms with van der Waals surface area (Å²) in [4.78, 5) is 8.31. The molecule has 80 valence electrons. The molecule has 2 fully saturated rings. The highest BCUT2D eigenvalue weighted by atomic mass is 35.5. The highest BCUT2D eigenvalue weighted by molar-refractivity contribution is 6.29. The second kappa shape index (κ2) is 3.42. The Kier molecular flexibility index (Phi) is 2.18. The quantitative estimate of drug-likeness (QED) is 0.689. The predicted molar refractivity (Wildman–Crippen MR) is 56.7 cm³/mol. The van der Waals surface area contributed by atoms with Crippen molar-refractivity contribution in [1.82, 2.24) is 9.97 Å². The normalized spacial score (nSPS) is 27.9. The van der Waals surface area contributed by atoms with Gasteiger partial charge in [0.2, 0.25) is 0 Å². The summed E-state index contributed by atoms with van der Waals surface area (Å²) >= 11 is 5.70. The minimum absolute atomic E-state index is 0.0980. The highest BCUT2D eigenvalue weighted by Crippen LogP contribution is 2.56. The van der Waals surface area contributed by atoms with E-state index >= 15 is 0 Å².